The smallest absolute Gasteiger partial charge is 0.0558 e. The molecule has 2 atom stereocenters. The van der Waals surface area contributed by atoms with Crippen LogP contribution in [-0.4, -0.2) is 48.3 Å². The molecule has 0 aliphatic carbocycles. The number of hydrogen-bond acceptors (Lipinski definition) is 3. The fourth-order valence-corrected chi connectivity index (χ4v) is 3.04. The molecule has 2 N–H and O–H groups in total. The van der Waals surface area contributed by atoms with E-state index in [0.717, 1.165) is 13.1 Å². The van der Waals surface area contributed by atoms with Crippen molar-refractivity contribution in [3.8, 4) is 0 Å². The van der Waals surface area contributed by atoms with Gasteiger partial charge >= 0.3 is 0 Å². The van der Waals surface area contributed by atoms with Gasteiger partial charge in [-0.05, 0) is 32.7 Å². The van der Waals surface area contributed by atoms with Crippen molar-refractivity contribution in [2.75, 3.05) is 26.2 Å². The third-order valence-electron chi connectivity index (χ3n) is 4.35. The number of nitrogens with one attached hydrogen (secondary N) is 1. The monoisotopic (exact) mass is 270 g/mol. The summed E-state index contributed by atoms with van der Waals surface area (Å²) in [5, 5.41) is 12.8. The molecule has 0 radical (unpaired) electrons. The van der Waals surface area contributed by atoms with E-state index in [2.05, 4.69) is 24.1 Å². The van der Waals surface area contributed by atoms with Crippen molar-refractivity contribution in [2.45, 2.75) is 77.3 Å². The summed E-state index contributed by atoms with van der Waals surface area (Å²) >= 11 is 0. The van der Waals surface area contributed by atoms with Crippen LogP contribution in [0.5, 0.6) is 0 Å². The fraction of sp³-hybridized carbons (Fsp3) is 1.00. The molecule has 3 nitrogen and oxygen atoms in total. The van der Waals surface area contributed by atoms with Crippen molar-refractivity contribution in [1.29, 1.82) is 0 Å². The Labute approximate surface area is 119 Å². The first kappa shape index (κ1) is 16.9. The maximum atomic E-state index is 9.24. The summed E-state index contributed by atoms with van der Waals surface area (Å²) in [7, 11) is 0. The van der Waals surface area contributed by atoms with E-state index in [1.165, 1.54) is 57.9 Å². The molecule has 0 aromatic rings. The Morgan fingerprint density at radius 1 is 1.26 bits per heavy atom. The highest BCUT2D eigenvalue weighted by Gasteiger charge is 2.20. The third kappa shape index (κ3) is 7.28. The SMILES string of the molecule is CCCCCCCC(C)N(CCO)CC1CCCN1. The first-order chi connectivity index (χ1) is 9.27. The predicted molar refractivity (Wildman–Crippen MR) is 82.5 cm³/mol. The number of unbranched alkanes of at least 4 members (excludes halogenated alkanes) is 4. The molecule has 19 heavy (non-hydrogen) atoms. The van der Waals surface area contributed by atoms with E-state index < -0.39 is 0 Å². The Morgan fingerprint density at radius 3 is 2.68 bits per heavy atom. The zero-order valence-electron chi connectivity index (χ0n) is 13.0. The summed E-state index contributed by atoms with van der Waals surface area (Å²) in [4.78, 5) is 2.48. The summed E-state index contributed by atoms with van der Waals surface area (Å²) in [5.74, 6) is 0. The maximum Gasteiger partial charge on any atom is 0.0558 e. The van der Waals surface area contributed by atoms with Crippen LogP contribution in [0.3, 0.4) is 0 Å². The van der Waals surface area contributed by atoms with Crippen LogP contribution < -0.4 is 5.32 Å². The number of hydrogen-bond donors (Lipinski definition) is 2. The van der Waals surface area contributed by atoms with Crippen molar-refractivity contribution in [2.24, 2.45) is 0 Å². The Kier molecular flexibility index (Phi) is 9.48. The van der Waals surface area contributed by atoms with E-state index in [1.54, 1.807) is 0 Å². The van der Waals surface area contributed by atoms with Crippen molar-refractivity contribution in [3.05, 3.63) is 0 Å². The minimum atomic E-state index is 0.285. The molecule has 0 bridgehead atoms. The molecule has 3 heteroatoms. The van der Waals surface area contributed by atoms with Crippen LogP contribution in [0, 0.1) is 0 Å². The van der Waals surface area contributed by atoms with Gasteiger partial charge in [-0.25, -0.2) is 0 Å². The Bertz CT molecular complexity index is 205. The quantitative estimate of drug-likeness (QED) is 0.567. The molecule has 0 saturated carbocycles. The van der Waals surface area contributed by atoms with Crippen LogP contribution >= 0.6 is 0 Å². The van der Waals surface area contributed by atoms with Crippen molar-refractivity contribution < 1.29 is 5.11 Å². The normalized spacial score (nSPS) is 21.2. The number of nitrogens with zero attached hydrogens (tertiary/aromatic N) is 1. The Balaban J connectivity index is 2.20. The van der Waals surface area contributed by atoms with Gasteiger partial charge < -0.3 is 10.4 Å². The molecule has 1 aliphatic heterocycles. The Hall–Kier alpha value is -0.120. The lowest BCUT2D eigenvalue weighted by Crippen LogP contribution is -2.43. The number of rotatable bonds is 11. The zero-order valence-corrected chi connectivity index (χ0v) is 13.0. The molecule has 0 amide bonds. The highest BCUT2D eigenvalue weighted by molar-refractivity contribution is 4.80. The van der Waals surface area contributed by atoms with Gasteiger partial charge in [0.15, 0.2) is 0 Å². The van der Waals surface area contributed by atoms with Crippen LogP contribution in [0.1, 0.15) is 65.2 Å². The minimum Gasteiger partial charge on any atom is -0.395 e. The molecule has 0 spiro atoms. The average Bonchev–Trinajstić information content (AvgIpc) is 2.91. The second-order valence-electron chi connectivity index (χ2n) is 6.06. The largest absolute Gasteiger partial charge is 0.395 e. The van der Waals surface area contributed by atoms with Gasteiger partial charge in [-0.15, -0.1) is 0 Å². The third-order valence-corrected chi connectivity index (χ3v) is 4.35. The van der Waals surface area contributed by atoms with Crippen molar-refractivity contribution >= 4 is 0 Å². The summed E-state index contributed by atoms with van der Waals surface area (Å²) < 4.78 is 0. The van der Waals surface area contributed by atoms with Gasteiger partial charge in [-0.1, -0.05) is 39.0 Å². The average molecular weight is 270 g/mol. The second kappa shape index (κ2) is 10.6. The lowest BCUT2D eigenvalue weighted by atomic mass is 10.1. The van der Waals surface area contributed by atoms with Gasteiger partial charge in [0.05, 0.1) is 6.61 Å². The molecule has 1 saturated heterocycles. The van der Waals surface area contributed by atoms with Crippen LogP contribution in [0.25, 0.3) is 0 Å². The van der Waals surface area contributed by atoms with Crippen LogP contribution in [0.4, 0.5) is 0 Å². The molecule has 1 rings (SSSR count). The molecule has 1 aliphatic rings. The first-order valence-corrected chi connectivity index (χ1v) is 8.36. The molecular formula is C16H34N2O. The van der Waals surface area contributed by atoms with E-state index in [4.69, 9.17) is 0 Å². The summed E-state index contributed by atoms with van der Waals surface area (Å²) in [6.45, 7) is 7.98. The molecule has 0 aromatic carbocycles. The topological polar surface area (TPSA) is 35.5 Å². The highest BCUT2D eigenvalue weighted by Crippen LogP contribution is 2.14. The molecule has 2 unspecified atom stereocenters. The van der Waals surface area contributed by atoms with Gasteiger partial charge in [0.25, 0.3) is 0 Å². The van der Waals surface area contributed by atoms with Gasteiger partial charge in [-0.2, -0.15) is 0 Å². The zero-order chi connectivity index (χ0) is 13.9. The molecule has 114 valence electrons. The Morgan fingerprint density at radius 2 is 2.05 bits per heavy atom. The maximum absolute atomic E-state index is 9.24. The van der Waals surface area contributed by atoms with E-state index >= 15 is 0 Å². The van der Waals surface area contributed by atoms with Gasteiger partial charge in [0.1, 0.15) is 0 Å². The predicted octanol–water partition coefficient (Wildman–Crippen LogP) is 2.78. The van der Waals surface area contributed by atoms with Gasteiger partial charge in [0.2, 0.25) is 0 Å². The lowest BCUT2D eigenvalue weighted by molar-refractivity contribution is 0.140. The summed E-state index contributed by atoms with van der Waals surface area (Å²) in [6.07, 6.45) is 10.7. The fourth-order valence-electron chi connectivity index (χ4n) is 3.04. The van der Waals surface area contributed by atoms with E-state index in [9.17, 15) is 5.11 Å². The van der Waals surface area contributed by atoms with Gasteiger partial charge in [0, 0.05) is 25.2 Å². The van der Waals surface area contributed by atoms with Gasteiger partial charge in [-0.3, -0.25) is 4.90 Å². The first-order valence-electron chi connectivity index (χ1n) is 8.36. The lowest BCUT2D eigenvalue weighted by Gasteiger charge is -2.31. The van der Waals surface area contributed by atoms with E-state index in [1.807, 2.05) is 0 Å². The standard InChI is InChI=1S/C16H34N2O/c1-3-4-5-6-7-9-15(2)18(12-13-19)14-16-10-8-11-17-16/h15-17,19H,3-14H2,1-2H3. The van der Waals surface area contributed by atoms with Crippen molar-refractivity contribution in [3.63, 3.8) is 0 Å². The van der Waals surface area contributed by atoms with Crippen LogP contribution in [0.2, 0.25) is 0 Å². The minimum absolute atomic E-state index is 0.285. The van der Waals surface area contributed by atoms with Crippen LogP contribution in [-0.2, 0) is 0 Å². The van der Waals surface area contributed by atoms with Crippen molar-refractivity contribution in [1.82, 2.24) is 10.2 Å². The second-order valence-corrected chi connectivity index (χ2v) is 6.06. The summed E-state index contributed by atoms with van der Waals surface area (Å²) in [5.41, 5.74) is 0. The molecular weight excluding hydrogens is 236 g/mol. The van der Waals surface area contributed by atoms with E-state index in [-0.39, 0.29) is 6.61 Å². The van der Waals surface area contributed by atoms with Crippen LogP contribution in [0.15, 0.2) is 0 Å². The highest BCUT2D eigenvalue weighted by atomic mass is 16.3. The number of aliphatic hydroxyl groups is 1. The molecule has 1 fully saturated rings. The molecule has 1 heterocycles. The van der Waals surface area contributed by atoms with E-state index in [0.29, 0.717) is 12.1 Å². The number of aliphatic hydroxyl groups excluding tert-OH is 1. The molecule has 0 aromatic heterocycles. The summed E-state index contributed by atoms with van der Waals surface area (Å²) in [6, 6.07) is 1.25.